The Morgan fingerprint density at radius 2 is 2.04 bits per heavy atom. The lowest BCUT2D eigenvalue weighted by molar-refractivity contribution is -0.621. The van der Waals surface area contributed by atoms with Gasteiger partial charge in [-0.05, 0) is 0 Å². The Labute approximate surface area is 159 Å². The van der Waals surface area contributed by atoms with Crippen LogP contribution in [0.4, 0.5) is 0 Å². The van der Waals surface area contributed by atoms with Crippen LogP contribution in [0.3, 0.4) is 0 Å². The first-order valence-electron chi connectivity index (χ1n) is 8.95. The van der Waals surface area contributed by atoms with E-state index in [9.17, 15) is 23.1 Å². The molecule has 0 spiro atoms. The lowest BCUT2D eigenvalue weighted by atomic mass is 9.82. The molecule has 3 aliphatic heterocycles. The average Bonchev–Trinajstić information content (AvgIpc) is 3.01. The third-order valence-corrected chi connectivity index (χ3v) is 6.25. The van der Waals surface area contributed by atoms with Gasteiger partial charge in [0, 0.05) is 24.8 Å². The van der Waals surface area contributed by atoms with E-state index in [0.29, 0.717) is 25.3 Å². The van der Waals surface area contributed by atoms with Crippen molar-refractivity contribution in [1.29, 1.82) is 0 Å². The molecule has 1 aromatic heterocycles. The van der Waals surface area contributed by atoms with Crippen molar-refractivity contribution < 1.29 is 26.8 Å². The highest BCUT2D eigenvalue weighted by molar-refractivity contribution is 7.80. The third kappa shape index (κ3) is 3.45. The topological polar surface area (TPSA) is 177 Å². The van der Waals surface area contributed by atoms with Crippen LogP contribution in [0.2, 0.25) is 0 Å². The predicted molar refractivity (Wildman–Crippen MR) is 95.2 cm³/mol. The molecule has 0 saturated carbocycles. The van der Waals surface area contributed by atoms with Crippen molar-refractivity contribution in [3.05, 3.63) is 32.6 Å². The highest BCUT2D eigenvalue weighted by Crippen LogP contribution is 2.35. The average molecular weight is 416 g/mol. The monoisotopic (exact) mass is 416 g/mol. The summed E-state index contributed by atoms with van der Waals surface area (Å²) in [5.74, 6) is 0.546. The molecule has 1 fully saturated rings. The molecule has 12 nitrogen and oxygen atoms in total. The van der Waals surface area contributed by atoms with Gasteiger partial charge in [0.1, 0.15) is 18.2 Å². The fourth-order valence-electron chi connectivity index (χ4n) is 4.51. The maximum absolute atomic E-state index is 11.5. The first-order valence-corrected chi connectivity index (χ1v) is 10.3. The highest BCUT2D eigenvalue weighted by atomic mass is 32.3. The van der Waals surface area contributed by atoms with Crippen LogP contribution in [-0.2, 0) is 14.6 Å². The normalized spacial score (nSPS) is 33.0. The van der Waals surface area contributed by atoms with Crippen LogP contribution in [0.1, 0.15) is 31.6 Å². The second-order valence-electron chi connectivity index (χ2n) is 7.49. The molecular weight excluding hydrogens is 394 g/mol. The molecular formula is C15H22N5O7S+. The van der Waals surface area contributed by atoms with Crippen molar-refractivity contribution in [2.24, 2.45) is 5.92 Å². The summed E-state index contributed by atoms with van der Waals surface area (Å²) < 4.78 is 38.5. The number of aliphatic hydroxyl groups excluding tert-OH is 1. The number of aromatic nitrogens is 2. The smallest absolute Gasteiger partial charge is 0.383 e. The van der Waals surface area contributed by atoms with Gasteiger partial charge in [0.25, 0.3) is 5.56 Å². The second-order valence-corrected chi connectivity index (χ2v) is 8.54. The number of aromatic amines is 2. The van der Waals surface area contributed by atoms with Crippen LogP contribution in [0.5, 0.6) is 0 Å². The van der Waals surface area contributed by atoms with E-state index in [0.717, 1.165) is 6.07 Å². The summed E-state index contributed by atoms with van der Waals surface area (Å²) in [6, 6.07) is 0.404. The van der Waals surface area contributed by atoms with Gasteiger partial charge < -0.3 is 10.1 Å². The molecule has 0 aliphatic carbocycles. The van der Waals surface area contributed by atoms with E-state index in [1.807, 2.05) is 6.92 Å². The third-order valence-electron chi connectivity index (χ3n) is 5.76. The van der Waals surface area contributed by atoms with E-state index in [-0.39, 0.29) is 23.7 Å². The first-order chi connectivity index (χ1) is 13.1. The number of hydrogen-bond donors (Lipinski definition) is 6. The van der Waals surface area contributed by atoms with Crippen molar-refractivity contribution in [1.82, 2.24) is 20.6 Å². The maximum atomic E-state index is 11.5. The Hall–Kier alpha value is -2.22. The molecule has 4 rings (SSSR count). The minimum Gasteiger partial charge on any atom is -0.383 e. The fraction of sp³-hybridized carbons (Fsp3) is 0.667. The largest absolute Gasteiger partial charge is 0.397 e. The van der Waals surface area contributed by atoms with Crippen molar-refractivity contribution >= 4 is 16.4 Å². The zero-order valence-electron chi connectivity index (χ0n) is 15.0. The number of nitrogens with zero attached hydrogens (tertiary/aromatic N) is 1. The minimum absolute atomic E-state index is 0.0366. The van der Waals surface area contributed by atoms with E-state index >= 15 is 0 Å². The molecule has 6 atom stereocenters. The molecule has 6 N–H and O–H groups in total. The van der Waals surface area contributed by atoms with Crippen LogP contribution in [0.25, 0.3) is 0 Å². The number of guanidine groups is 1. The number of H-pyrrole nitrogens is 2. The Bertz CT molecular complexity index is 1000. The highest BCUT2D eigenvalue weighted by Gasteiger charge is 2.52. The van der Waals surface area contributed by atoms with E-state index in [1.54, 1.807) is 0 Å². The summed E-state index contributed by atoms with van der Waals surface area (Å²) in [5.41, 5.74) is -1.24. The molecule has 0 bridgehead atoms. The lowest BCUT2D eigenvalue weighted by Gasteiger charge is -2.41. The molecule has 154 valence electrons. The second kappa shape index (κ2) is 6.69. The van der Waals surface area contributed by atoms with Crippen LogP contribution in [0, 0.1) is 5.92 Å². The van der Waals surface area contributed by atoms with E-state index in [2.05, 4.69) is 25.2 Å². The molecule has 4 heterocycles. The molecule has 28 heavy (non-hydrogen) atoms. The molecule has 13 heteroatoms. The quantitative estimate of drug-likeness (QED) is 0.227. The van der Waals surface area contributed by atoms with Crippen LogP contribution >= 0.6 is 0 Å². The summed E-state index contributed by atoms with van der Waals surface area (Å²) in [7, 11) is -4.58. The fourth-order valence-corrected chi connectivity index (χ4v) is 5.08. The van der Waals surface area contributed by atoms with Crippen molar-refractivity contribution in [2.75, 3.05) is 6.54 Å². The van der Waals surface area contributed by atoms with Gasteiger partial charge in [-0.1, -0.05) is 6.92 Å². The van der Waals surface area contributed by atoms with Crippen LogP contribution in [-0.4, -0.2) is 69.4 Å². The summed E-state index contributed by atoms with van der Waals surface area (Å²) in [5, 5.41) is 17.1. The number of aliphatic hydroxyl groups is 1. The number of hydrogen-bond acceptors (Lipinski definition) is 8. The van der Waals surface area contributed by atoms with E-state index in [4.69, 9.17) is 8.74 Å². The lowest BCUT2D eigenvalue weighted by Crippen LogP contribution is -2.60. The van der Waals surface area contributed by atoms with Crippen LogP contribution < -0.4 is 21.9 Å². The first kappa shape index (κ1) is 19.1. The van der Waals surface area contributed by atoms with Gasteiger partial charge in [0.2, 0.25) is 0 Å². The standard InChI is InChI=1S/C15H21N5O7S/c1-6-10-5-16-14-17-8(13(22)9-4-12(21)19-15(23)18-9)2-7(20(10)14)3-11(6)27-28(24,25)26/h4,6-8,10-11,13,22H,2-3,5H2,1H3,(H4,16,17,18,19,21,23,24,25,26)/p+1/t6-,7+,8-,10-,11+,13?/m1/s1. The Kier molecular flexibility index (Phi) is 4.56. The Morgan fingerprint density at radius 1 is 1.29 bits per heavy atom. The van der Waals surface area contributed by atoms with Crippen molar-refractivity contribution in [2.45, 2.75) is 50.1 Å². The van der Waals surface area contributed by atoms with Gasteiger partial charge >= 0.3 is 22.0 Å². The number of rotatable bonds is 4. The Balaban J connectivity index is 1.61. The molecule has 1 saturated heterocycles. The van der Waals surface area contributed by atoms with E-state index < -0.39 is 39.9 Å². The summed E-state index contributed by atoms with van der Waals surface area (Å²) >= 11 is 0. The molecule has 0 amide bonds. The molecule has 0 aromatic carbocycles. The van der Waals surface area contributed by atoms with Gasteiger partial charge in [-0.15, -0.1) is 0 Å². The van der Waals surface area contributed by atoms with Crippen LogP contribution in [0.15, 0.2) is 15.7 Å². The van der Waals surface area contributed by atoms with Gasteiger partial charge in [-0.3, -0.25) is 29.5 Å². The van der Waals surface area contributed by atoms with Crippen molar-refractivity contribution in [3.63, 3.8) is 0 Å². The zero-order chi connectivity index (χ0) is 20.2. The van der Waals surface area contributed by atoms with Crippen molar-refractivity contribution in [3.8, 4) is 0 Å². The zero-order valence-corrected chi connectivity index (χ0v) is 15.8. The molecule has 1 unspecified atom stereocenters. The molecule has 3 aliphatic rings. The Morgan fingerprint density at radius 3 is 2.71 bits per heavy atom. The van der Waals surface area contributed by atoms with E-state index in [1.165, 1.54) is 0 Å². The molecule has 1 aromatic rings. The maximum Gasteiger partial charge on any atom is 0.397 e. The summed E-state index contributed by atoms with van der Waals surface area (Å²) in [6.07, 6.45) is -1.11. The van der Waals surface area contributed by atoms with Gasteiger partial charge in [0.05, 0.1) is 24.4 Å². The molecule has 0 radical (unpaired) electrons. The number of piperidine rings is 1. The summed E-state index contributed by atoms with van der Waals surface area (Å²) in [4.78, 5) is 27.5. The van der Waals surface area contributed by atoms with Gasteiger partial charge in [0.15, 0.2) is 0 Å². The predicted octanol–water partition coefficient (Wildman–Crippen LogP) is -2.60. The SMILES string of the molecule is C[C@H]1[C@@H](OS(=O)(=O)O)C[C@@H]2C[C@H](C(O)c3cc(=O)[nH]c(=O)[nH]3)NC3=[N+]2[C@@H]1CN3. The number of nitrogens with one attached hydrogen (secondary N) is 4. The van der Waals surface area contributed by atoms with Gasteiger partial charge in [-0.2, -0.15) is 8.42 Å². The summed E-state index contributed by atoms with van der Waals surface area (Å²) in [6.45, 7) is 2.42. The minimum atomic E-state index is -4.58. The van der Waals surface area contributed by atoms with Gasteiger partial charge in [-0.25, -0.2) is 8.98 Å².